The van der Waals surface area contributed by atoms with Gasteiger partial charge in [0.2, 0.25) is 0 Å². The summed E-state index contributed by atoms with van der Waals surface area (Å²) in [6, 6.07) is 1.38. The number of anilines is 2. The maximum atomic E-state index is 15.2. The Morgan fingerprint density at radius 1 is 1.07 bits per heavy atom. The molecule has 0 amide bonds. The second-order valence-corrected chi connectivity index (χ2v) is 10.1. The Bertz CT molecular complexity index is 1780. The third-order valence-electron chi connectivity index (χ3n) is 6.74. The highest BCUT2D eigenvalue weighted by molar-refractivity contribution is 5.82. The molecule has 1 aliphatic carbocycles. The van der Waals surface area contributed by atoms with Gasteiger partial charge < -0.3 is 10.6 Å². The Morgan fingerprint density at radius 2 is 1.81 bits per heavy atom. The largest absolute Gasteiger partial charge is 0.423 e. The van der Waals surface area contributed by atoms with E-state index in [-0.39, 0.29) is 41.3 Å². The Morgan fingerprint density at radius 3 is 2.49 bits per heavy atom. The molecule has 1 atom stereocenters. The first kappa shape index (κ1) is 29.9. The van der Waals surface area contributed by atoms with Crippen molar-refractivity contribution in [3.05, 3.63) is 68.5 Å². The highest BCUT2D eigenvalue weighted by Crippen LogP contribution is 2.37. The number of nitrogens with one attached hydrogen (secondary N) is 3. The summed E-state index contributed by atoms with van der Waals surface area (Å²) in [4.78, 5) is 36.5. The summed E-state index contributed by atoms with van der Waals surface area (Å²) in [6.07, 6.45) is -5.03. The molecule has 43 heavy (non-hydrogen) atoms. The fraction of sp³-hybridized carbons (Fsp3) is 0.385. The van der Waals surface area contributed by atoms with Crippen LogP contribution in [0.15, 0.2) is 40.4 Å². The molecule has 17 heteroatoms. The van der Waals surface area contributed by atoms with E-state index in [1.54, 1.807) is 12.0 Å². The first-order valence-electron chi connectivity index (χ1n) is 13.0. The van der Waals surface area contributed by atoms with Crippen molar-refractivity contribution in [2.75, 3.05) is 10.6 Å². The van der Waals surface area contributed by atoms with Crippen LogP contribution in [-0.2, 0) is 18.9 Å². The molecule has 0 radical (unpaired) electrons. The standard InChI is InChI=1S/C26H23F7N8O2/c1-12(37-19-10-36-40-23(42)20(19)26(31,32)33)3-2-6-41-11-35-18-8-14(17(27)7-15(18)24(41)43)21-34-9-16(25(28,29)30)22(39-21)38-13-4-5-13/h7-13H,2-6H2,1H3,(H,34,38,39)(H2,37,40,42). The molecule has 3 heterocycles. The van der Waals surface area contributed by atoms with Crippen LogP contribution in [0.3, 0.4) is 0 Å². The van der Waals surface area contributed by atoms with Crippen LogP contribution >= 0.6 is 0 Å². The number of aromatic amines is 1. The molecule has 1 fully saturated rings. The van der Waals surface area contributed by atoms with Crippen molar-refractivity contribution < 1.29 is 30.7 Å². The van der Waals surface area contributed by atoms with Gasteiger partial charge in [-0.25, -0.2) is 24.4 Å². The van der Waals surface area contributed by atoms with Crippen LogP contribution < -0.4 is 21.8 Å². The Balaban J connectivity index is 1.32. The summed E-state index contributed by atoms with van der Waals surface area (Å²) in [7, 11) is 0. The summed E-state index contributed by atoms with van der Waals surface area (Å²) in [6.45, 7) is 1.68. The number of fused-ring (bicyclic) bond motifs is 1. The van der Waals surface area contributed by atoms with Crippen LogP contribution in [0.4, 0.5) is 42.2 Å². The zero-order valence-corrected chi connectivity index (χ0v) is 22.3. The number of nitrogens with zero attached hydrogens (tertiary/aromatic N) is 5. The van der Waals surface area contributed by atoms with Crippen molar-refractivity contribution in [1.82, 2.24) is 29.7 Å². The van der Waals surface area contributed by atoms with Gasteiger partial charge in [-0.05, 0) is 44.7 Å². The van der Waals surface area contributed by atoms with E-state index < -0.39 is 58.0 Å². The van der Waals surface area contributed by atoms with E-state index in [1.807, 2.05) is 0 Å². The van der Waals surface area contributed by atoms with Crippen molar-refractivity contribution in [3.63, 3.8) is 0 Å². The molecule has 0 saturated heterocycles. The Labute approximate surface area is 237 Å². The molecule has 1 unspecified atom stereocenters. The fourth-order valence-corrected chi connectivity index (χ4v) is 4.45. The molecule has 0 spiro atoms. The number of H-pyrrole nitrogens is 1. The number of alkyl halides is 6. The summed E-state index contributed by atoms with van der Waals surface area (Å²) in [5, 5.41) is 10.4. The highest BCUT2D eigenvalue weighted by Gasteiger charge is 2.38. The average molecular weight is 613 g/mol. The van der Waals surface area contributed by atoms with E-state index >= 15 is 4.39 Å². The number of aromatic nitrogens is 6. The second-order valence-electron chi connectivity index (χ2n) is 10.1. The molecule has 5 rings (SSSR count). The van der Waals surface area contributed by atoms with Gasteiger partial charge in [0.15, 0.2) is 5.82 Å². The van der Waals surface area contributed by atoms with Crippen molar-refractivity contribution in [2.45, 2.75) is 63.6 Å². The van der Waals surface area contributed by atoms with Crippen LogP contribution in [0.25, 0.3) is 22.3 Å². The maximum Gasteiger partial charge on any atom is 0.423 e. The van der Waals surface area contributed by atoms with Gasteiger partial charge in [0, 0.05) is 24.8 Å². The minimum Gasteiger partial charge on any atom is -0.381 e. The molecule has 0 bridgehead atoms. The minimum atomic E-state index is -4.90. The quantitative estimate of drug-likeness (QED) is 0.226. The third kappa shape index (κ3) is 6.59. The van der Waals surface area contributed by atoms with Crippen LogP contribution in [0.1, 0.15) is 43.7 Å². The predicted octanol–water partition coefficient (Wildman–Crippen LogP) is 4.97. The van der Waals surface area contributed by atoms with Gasteiger partial charge in [-0.15, -0.1) is 0 Å². The molecule has 3 N–H and O–H groups in total. The summed E-state index contributed by atoms with van der Waals surface area (Å²) in [5.74, 6) is -1.71. The molecule has 1 aromatic carbocycles. The summed E-state index contributed by atoms with van der Waals surface area (Å²) >= 11 is 0. The number of rotatable bonds is 9. The molecule has 4 aromatic rings. The van der Waals surface area contributed by atoms with Crippen LogP contribution in [-0.4, -0.2) is 41.8 Å². The van der Waals surface area contributed by atoms with Crippen LogP contribution in [0, 0.1) is 5.82 Å². The SMILES string of the molecule is CC(CCCn1cnc2cc(-c3ncc(C(F)(F)F)c(NC4CC4)n3)c(F)cc2c1=O)Nc1cn[nH]c(=O)c1C(F)(F)F. The number of benzene rings is 1. The fourth-order valence-electron chi connectivity index (χ4n) is 4.45. The van der Waals surface area contributed by atoms with Crippen molar-refractivity contribution in [1.29, 1.82) is 0 Å². The third-order valence-corrected chi connectivity index (χ3v) is 6.74. The van der Waals surface area contributed by atoms with Gasteiger partial charge in [0.25, 0.3) is 11.1 Å². The summed E-state index contributed by atoms with van der Waals surface area (Å²) in [5.41, 5.74) is -5.11. The number of hydrogen-bond donors (Lipinski definition) is 3. The number of halogens is 7. The predicted molar refractivity (Wildman–Crippen MR) is 141 cm³/mol. The lowest BCUT2D eigenvalue weighted by Crippen LogP contribution is -2.27. The van der Waals surface area contributed by atoms with Gasteiger partial charge in [-0.3, -0.25) is 14.2 Å². The molecule has 1 saturated carbocycles. The molecule has 3 aromatic heterocycles. The lowest BCUT2D eigenvalue weighted by molar-refractivity contribution is -0.138. The lowest BCUT2D eigenvalue weighted by atomic mass is 10.1. The topological polar surface area (TPSA) is 130 Å². The molecular weight excluding hydrogens is 589 g/mol. The second kappa shape index (κ2) is 11.3. The van der Waals surface area contributed by atoms with E-state index in [9.17, 15) is 35.9 Å². The normalized spacial score (nSPS) is 14.6. The highest BCUT2D eigenvalue weighted by atomic mass is 19.4. The van der Waals surface area contributed by atoms with Crippen molar-refractivity contribution >= 4 is 22.4 Å². The molecule has 0 aliphatic heterocycles. The zero-order valence-electron chi connectivity index (χ0n) is 22.3. The van der Waals surface area contributed by atoms with E-state index in [4.69, 9.17) is 0 Å². The number of aryl methyl sites for hydroxylation is 1. The molecule has 10 nitrogen and oxygen atoms in total. The lowest BCUT2D eigenvalue weighted by Gasteiger charge is -2.18. The van der Waals surface area contributed by atoms with E-state index in [1.165, 1.54) is 17.0 Å². The first-order valence-corrected chi connectivity index (χ1v) is 13.0. The smallest absolute Gasteiger partial charge is 0.381 e. The summed E-state index contributed by atoms with van der Waals surface area (Å²) < 4.78 is 96.4. The van der Waals surface area contributed by atoms with Gasteiger partial charge in [0.05, 0.1) is 34.7 Å². The minimum absolute atomic E-state index is 0.0642. The van der Waals surface area contributed by atoms with Gasteiger partial charge >= 0.3 is 12.4 Å². The molecule has 1 aliphatic rings. The van der Waals surface area contributed by atoms with E-state index in [0.717, 1.165) is 12.3 Å². The van der Waals surface area contributed by atoms with Gasteiger partial charge in [-0.1, -0.05) is 0 Å². The van der Waals surface area contributed by atoms with E-state index in [0.29, 0.717) is 25.5 Å². The van der Waals surface area contributed by atoms with Crippen molar-refractivity contribution in [3.8, 4) is 11.4 Å². The van der Waals surface area contributed by atoms with Gasteiger partial charge in [-0.2, -0.15) is 31.4 Å². The molecule has 228 valence electrons. The van der Waals surface area contributed by atoms with Crippen molar-refractivity contribution in [2.24, 2.45) is 0 Å². The van der Waals surface area contributed by atoms with E-state index in [2.05, 4.69) is 30.7 Å². The van der Waals surface area contributed by atoms with Crippen LogP contribution in [0.5, 0.6) is 0 Å². The Hall–Kier alpha value is -4.57. The van der Waals surface area contributed by atoms with Crippen LogP contribution in [0.2, 0.25) is 0 Å². The zero-order chi connectivity index (χ0) is 31.1. The Kier molecular flexibility index (Phi) is 7.83. The first-order chi connectivity index (χ1) is 20.2. The molecular formula is C26H23F7N8O2. The number of hydrogen-bond acceptors (Lipinski definition) is 8. The van der Waals surface area contributed by atoms with Gasteiger partial charge in [0.1, 0.15) is 22.8 Å². The maximum absolute atomic E-state index is 15.2. The monoisotopic (exact) mass is 612 g/mol. The average Bonchev–Trinajstić information content (AvgIpc) is 3.72.